The van der Waals surface area contributed by atoms with Gasteiger partial charge in [0.15, 0.2) is 5.65 Å². The molecule has 5 heteroatoms. The van der Waals surface area contributed by atoms with Gasteiger partial charge in [-0.15, -0.1) is 0 Å². The van der Waals surface area contributed by atoms with E-state index in [0.29, 0.717) is 18.2 Å². The lowest BCUT2D eigenvalue weighted by Crippen LogP contribution is -2.40. The van der Waals surface area contributed by atoms with Crippen molar-refractivity contribution in [1.29, 1.82) is 0 Å². The van der Waals surface area contributed by atoms with Crippen molar-refractivity contribution in [2.24, 2.45) is 5.73 Å². The maximum Gasteiger partial charge on any atom is 0.180 e. The number of aromatic nitrogens is 3. The number of nitrogens with two attached hydrogens (primary N) is 1. The first-order valence-corrected chi connectivity index (χ1v) is 6.93. The Kier molecular flexibility index (Phi) is 3.55. The molecule has 1 atom stereocenters. The van der Waals surface area contributed by atoms with Crippen molar-refractivity contribution in [3.8, 4) is 0 Å². The van der Waals surface area contributed by atoms with Crippen molar-refractivity contribution in [3.63, 3.8) is 0 Å². The van der Waals surface area contributed by atoms with Crippen LogP contribution in [-0.2, 0) is 0 Å². The first-order valence-electron chi connectivity index (χ1n) is 6.93. The highest BCUT2D eigenvalue weighted by Crippen LogP contribution is 2.23. The van der Waals surface area contributed by atoms with Crippen LogP contribution in [-0.4, -0.2) is 34.1 Å². The standard InChI is InChI=1S/C14H19N5/c15-10-11-4-2-1-3-9-19(11)13-6-5-12-14(18-13)17-8-7-16-12/h5-8,11H,1-4,9-10,15H2. The van der Waals surface area contributed by atoms with E-state index in [-0.39, 0.29) is 0 Å². The number of rotatable bonds is 2. The van der Waals surface area contributed by atoms with Gasteiger partial charge in [0.2, 0.25) is 0 Å². The van der Waals surface area contributed by atoms with Gasteiger partial charge >= 0.3 is 0 Å². The minimum atomic E-state index is 0.393. The van der Waals surface area contributed by atoms with E-state index in [4.69, 9.17) is 5.73 Å². The highest BCUT2D eigenvalue weighted by atomic mass is 15.2. The third-order valence-corrected chi connectivity index (χ3v) is 3.76. The molecule has 0 spiro atoms. The van der Waals surface area contributed by atoms with Crippen molar-refractivity contribution < 1.29 is 0 Å². The van der Waals surface area contributed by atoms with Crippen molar-refractivity contribution >= 4 is 17.0 Å². The lowest BCUT2D eigenvalue weighted by Gasteiger charge is -2.30. The summed E-state index contributed by atoms with van der Waals surface area (Å²) in [6.07, 6.45) is 8.26. The Labute approximate surface area is 112 Å². The second-order valence-corrected chi connectivity index (χ2v) is 5.00. The number of fused-ring (bicyclic) bond motifs is 1. The molecule has 2 N–H and O–H groups in total. The Morgan fingerprint density at radius 2 is 2.05 bits per heavy atom. The third-order valence-electron chi connectivity index (χ3n) is 3.76. The topological polar surface area (TPSA) is 67.9 Å². The number of nitrogens with zero attached hydrogens (tertiary/aromatic N) is 4. The van der Waals surface area contributed by atoms with Crippen LogP contribution < -0.4 is 10.6 Å². The van der Waals surface area contributed by atoms with Crippen LogP contribution in [0.25, 0.3) is 11.2 Å². The van der Waals surface area contributed by atoms with Crippen LogP contribution in [0.3, 0.4) is 0 Å². The number of pyridine rings is 1. The first kappa shape index (κ1) is 12.3. The van der Waals surface area contributed by atoms with Crippen molar-refractivity contribution in [2.45, 2.75) is 31.7 Å². The molecule has 3 rings (SSSR count). The largest absolute Gasteiger partial charge is 0.352 e. The fraction of sp³-hybridized carbons (Fsp3) is 0.500. The van der Waals surface area contributed by atoms with Gasteiger partial charge in [-0.2, -0.15) is 0 Å². The molecular formula is C14H19N5. The molecular weight excluding hydrogens is 238 g/mol. The van der Waals surface area contributed by atoms with E-state index in [9.17, 15) is 0 Å². The molecule has 0 radical (unpaired) electrons. The molecule has 1 aliphatic rings. The van der Waals surface area contributed by atoms with Crippen molar-refractivity contribution in [3.05, 3.63) is 24.5 Å². The second kappa shape index (κ2) is 5.48. The molecule has 0 aromatic carbocycles. The lowest BCUT2D eigenvalue weighted by molar-refractivity contribution is 0.576. The minimum Gasteiger partial charge on any atom is -0.352 e. The Hall–Kier alpha value is -1.75. The van der Waals surface area contributed by atoms with Crippen molar-refractivity contribution in [2.75, 3.05) is 18.0 Å². The van der Waals surface area contributed by atoms with E-state index in [1.54, 1.807) is 12.4 Å². The van der Waals surface area contributed by atoms with Crippen molar-refractivity contribution in [1.82, 2.24) is 15.0 Å². The van der Waals surface area contributed by atoms with E-state index in [1.165, 1.54) is 19.3 Å². The average molecular weight is 257 g/mol. The molecule has 0 amide bonds. The van der Waals surface area contributed by atoms with E-state index >= 15 is 0 Å². The normalized spacial score (nSPS) is 20.5. The molecule has 0 saturated carbocycles. The van der Waals surface area contributed by atoms with Gasteiger partial charge in [-0.05, 0) is 25.0 Å². The average Bonchev–Trinajstić information content (AvgIpc) is 2.72. The summed E-state index contributed by atoms with van der Waals surface area (Å²) in [7, 11) is 0. The predicted octanol–water partition coefficient (Wildman–Crippen LogP) is 1.73. The SMILES string of the molecule is NCC1CCCCCN1c1ccc2nccnc2n1. The van der Waals surface area contributed by atoms with Gasteiger partial charge in [-0.3, -0.25) is 4.98 Å². The highest BCUT2D eigenvalue weighted by molar-refractivity contribution is 5.71. The van der Waals surface area contributed by atoms with Crippen LogP contribution in [0, 0.1) is 0 Å². The summed E-state index contributed by atoms with van der Waals surface area (Å²) in [5, 5.41) is 0. The number of anilines is 1. The van der Waals surface area contributed by atoms with Gasteiger partial charge in [-0.1, -0.05) is 12.8 Å². The molecule has 1 unspecified atom stereocenters. The van der Waals surface area contributed by atoms with E-state index in [2.05, 4.69) is 19.9 Å². The maximum absolute atomic E-state index is 5.92. The predicted molar refractivity (Wildman–Crippen MR) is 76.0 cm³/mol. The molecule has 1 saturated heterocycles. The van der Waals surface area contributed by atoms with Gasteiger partial charge in [0.05, 0.1) is 0 Å². The fourth-order valence-corrected chi connectivity index (χ4v) is 2.73. The molecule has 5 nitrogen and oxygen atoms in total. The molecule has 0 bridgehead atoms. The maximum atomic E-state index is 5.92. The molecule has 1 fully saturated rings. The third kappa shape index (κ3) is 2.51. The monoisotopic (exact) mass is 257 g/mol. The van der Waals surface area contributed by atoms with Crippen LogP contribution in [0.2, 0.25) is 0 Å². The summed E-state index contributed by atoms with van der Waals surface area (Å²) in [6, 6.07) is 4.41. The van der Waals surface area contributed by atoms with Gasteiger partial charge in [0.25, 0.3) is 0 Å². The van der Waals surface area contributed by atoms with Gasteiger partial charge in [-0.25, -0.2) is 9.97 Å². The Balaban J connectivity index is 1.96. The van der Waals surface area contributed by atoms with Crippen LogP contribution in [0.4, 0.5) is 5.82 Å². The quantitative estimate of drug-likeness (QED) is 0.887. The summed E-state index contributed by atoms with van der Waals surface area (Å²) in [5.41, 5.74) is 7.46. The summed E-state index contributed by atoms with van der Waals surface area (Å²) in [5.74, 6) is 0.977. The molecule has 2 aromatic heterocycles. The molecule has 19 heavy (non-hydrogen) atoms. The second-order valence-electron chi connectivity index (χ2n) is 5.00. The van der Waals surface area contributed by atoms with E-state index < -0.39 is 0 Å². The van der Waals surface area contributed by atoms with Gasteiger partial charge < -0.3 is 10.6 Å². The number of hydrogen-bond donors (Lipinski definition) is 1. The Morgan fingerprint density at radius 3 is 2.95 bits per heavy atom. The van der Waals surface area contributed by atoms with E-state index in [0.717, 1.165) is 24.3 Å². The zero-order valence-electron chi connectivity index (χ0n) is 11.0. The lowest BCUT2D eigenvalue weighted by atomic mass is 10.1. The minimum absolute atomic E-state index is 0.393. The smallest absolute Gasteiger partial charge is 0.180 e. The molecule has 0 aliphatic carbocycles. The molecule has 3 heterocycles. The highest BCUT2D eigenvalue weighted by Gasteiger charge is 2.21. The zero-order chi connectivity index (χ0) is 13.1. The van der Waals surface area contributed by atoms with Crippen LogP contribution in [0.5, 0.6) is 0 Å². The van der Waals surface area contributed by atoms with Crippen LogP contribution in [0.15, 0.2) is 24.5 Å². The molecule has 100 valence electrons. The van der Waals surface area contributed by atoms with Gasteiger partial charge in [0.1, 0.15) is 11.3 Å². The van der Waals surface area contributed by atoms with Crippen LogP contribution >= 0.6 is 0 Å². The summed E-state index contributed by atoms with van der Waals surface area (Å²) >= 11 is 0. The van der Waals surface area contributed by atoms with Gasteiger partial charge in [0, 0.05) is 31.5 Å². The number of hydrogen-bond acceptors (Lipinski definition) is 5. The summed E-state index contributed by atoms with van der Waals surface area (Å²) in [6.45, 7) is 1.71. The zero-order valence-corrected chi connectivity index (χ0v) is 11.0. The molecule has 1 aliphatic heterocycles. The Morgan fingerprint density at radius 1 is 1.16 bits per heavy atom. The first-order chi connectivity index (χ1) is 9.38. The Bertz CT molecular complexity index is 556. The van der Waals surface area contributed by atoms with E-state index in [1.807, 2.05) is 12.1 Å². The summed E-state index contributed by atoms with van der Waals surface area (Å²) < 4.78 is 0. The summed E-state index contributed by atoms with van der Waals surface area (Å²) in [4.78, 5) is 15.5. The van der Waals surface area contributed by atoms with Crippen LogP contribution in [0.1, 0.15) is 25.7 Å². The fourth-order valence-electron chi connectivity index (χ4n) is 2.73. The molecule has 2 aromatic rings.